The Hall–Kier alpha value is -4.17. The number of Topliss-reactive ketones (excluding diaryl/α,β-unsaturated/α-hetero) is 1. The Labute approximate surface area is 220 Å². The first kappa shape index (κ1) is 26.9. The number of rotatable bonds is 7. The third-order valence-corrected chi connectivity index (χ3v) is 6.60. The van der Waals surface area contributed by atoms with E-state index in [1.165, 1.54) is 18.1 Å². The van der Waals surface area contributed by atoms with Crippen LogP contribution in [0.25, 0.3) is 34.0 Å². The van der Waals surface area contributed by atoms with Gasteiger partial charge in [0.05, 0.1) is 12.0 Å². The Morgan fingerprint density at radius 1 is 1.00 bits per heavy atom. The molecular weight excluding hydrogens is 487 g/mol. The molecule has 1 heterocycles. The van der Waals surface area contributed by atoms with Crippen LogP contribution in [-0.4, -0.2) is 29.0 Å². The second kappa shape index (κ2) is 11.5. The summed E-state index contributed by atoms with van der Waals surface area (Å²) in [6.45, 7) is 5.79. The van der Waals surface area contributed by atoms with Crippen LogP contribution in [0.4, 0.5) is 4.53 Å². The number of aryl methyl sites for hydroxylation is 1. The number of nitrogens with zero attached hydrogens (tertiary/aromatic N) is 2. The molecule has 0 saturated heterocycles. The summed E-state index contributed by atoms with van der Waals surface area (Å²) in [5.74, 6) is 0.144. The Balaban J connectivity index is 0.000000360. The van der Waals surface area contributed by atoms with Crippen molar-refractivity contribution in [3.8, 4) is 34.0 Å². The molecule has 0 atom stereocenters. The van der Waals surface area contributed by atoms with Gasteiger partial charge in [0, 0.05) is 28.3 Å². The third-order valence-electron chi connectivity index (χ3n) is 6.60. The first-order valence-corrected chi connectivity index (χ1v) is 12.2. The highest BCUT2D eigenvalue weighted by molar-refractivity contribution is 5.95. The van der Waals surface area contributed by atoms with Crippen LogP contribution in [0.2, 0.25) is 0 Å². The molecule has 0 spiro atoms. The molecule has 1 fully saturated rings. The zero-order valence-electron chi connectivity index (χ0n) is 21.8. The quantitative estimate of drug-likeness (QED) is 0.246. The van der Waals surface area contributed by atoms with Crippen molar-refractivity contribution in [2.75, 3.05) is 7.11 Å². The SMILES string of the molecule is CC1(C(=O)OF)CC1.COCc1cc(-c2nc(-c3cccc(C(C)=O)c3)no2)ccc1-c1ccccc1C. The molecule has 5 rings (SSSR count). The van der Waals surface area contributed by atoms with Crippen molar-refractivity contribution in [3.63, 3.8) is 0 Å². The van der Waals surface area contributed by atoms with Crippen molar-refractivity contribution in [1.82, 2.24) is 10.1 Å². The Morgan fingerprint density at radius 2 is 1.76 bits per heavy atom. The molecular formula is C30H29FN2O5. The molecule has 0 bridgehead atoms. The van der Waals surface area contributed by atoms with Crippen LogP contribution < -0.4 is 0 Å². The van der Waals surface area contributed by atoms with Gasteiger partial charge in [-0.15, -0.1) is 0 Å². The molecule has 0 N–H and O–H groups in total. The summed E-state index contributed by atoms with van der Waals surface area (Å²) < 4.78 is 22.0. The number of halogens is 1. The van der Waals surface area contributed by atoms with Gasteiger partial charge in [-0.3, -0.25) is 9.74 Å². The van der Waals surface area contributed by atoms with Gasteiger partial charge in [0.1, 0.15) is 0 Å². The first-order valence-electron chi connectivity index (χ1n) is 12.2. The molecule has 3 aromatic carbocycles. The molecule has 0 amide bonds. The van der Waals surface area contributed by atoms with E-state index in [1.807, 2.05) is 36.4 Å². The average Bonchev–Trinajstić information content (AvgIpc) is 3.49. The van der Waals surface area contributed by atoms with Gasteiger partial charge in [-0.25, -0.2) is 4.79 Å². The highest BCUT2D eigenvalue weighted by Crippen LogP contribution is 2.46. The van der Waals surface area contributed by atoms with Gasteiger partial charge in [0.2, 0.25) is 5.82 Å². The minimum atomic E-state index is -0.725. The summed E-state index contributed by atoms with van der Waals surface area (Å²) in [5.41, 5.74) is 6.23. The predicted octanol–water partition coefficient (Wildman–Crippen LogP) is 6.94. The number of carbonyl (C=O) groups excluding carboxylic acids is 2. The highest BCUT2D eigenvalue weighted by atomic mass is 19.3. The van der Waals surface area contributed by atoms with Crippen molar-refractivity contribution in [2.24, 2.45) is 5.41 Å². The molecule has 38 heavy (non-hydrogen) atoms. The van der Waals surface area contributed by atoms with Crippen molar-refractivity contribution in [1.29, 1.82) is 0 Å². The number of aromatic nitrogens is 2. The van der Waals surface area contributed by atoms with Crippen molar-refractivity contribution in [2.45, 2.75) is 40.2 Å². The van der Waals surface area contributed by atoms with E-state index in [9.17, 15) is 14.1 Å². The fourth-order valence-electron chi connectivity index (χ4n) is 3.96. The summed E-state index contributed by atoms with van der Waals surface area (Å²) >= 11 is 0. The van der Waals surface area contributed by atoms with Gasteiger partial charge in [0.15, 0.2) is 5.78 Å². The molecule has 1 aliphatic rings. The van der Waals surface area contributed by atoms with E-state index in [2.05, 4.69) is 40.2 Å². The van der Waals surface area contributed by atoms with Crippen molar-refractivity contribution in [3.05, 3.63) is 83.4 Å². The number of methoxy groups -OCH3 is 1. The zero-order valence-corrected chi connectivity index (χ0v) is 21.8. The van der Waals surface area contributed by atoms with Crippen LogP contribution in [0.3, 0.4) is 0 Å². The molecule has 7 nitrogen and oxygen atoms in total. The van der Waals surface area contributed by atoms with E-state index >= 15 is 0 Å². The van der Waals surface area contributed by atoms with Crippen molar-refractivity contribution >= 4 is 11.8 Å². The molecule has 196 valence electrons. The van der Waals surface area contributed by atoms with Crippen LogP contribution in [-0.2, 0) is 21.1 Å². The Morgan fingerprint density at radius 3 is 2.39 bits per heavy atom. The minimum absolute atomic E-state index is 0.00318. The fourth-order valence-corrected chi connectivity index (χ4v) is 3.96. The molecule has 1 aromatic heterocycles. The van der Waals surface area contributed by atoms with Gasteiger partial charge in [0.25, 0.3) is 5.89 Å². The molecule has 0 radical (unpaired) electrons. The molecule has 0 aliphatic heterocycles. The lowest BCUT2D eigenvalue weighted by Crippen LogP contribution is -2.10. The van der Waals surface area contributed by atoms with Gasteiger partial charge in [-0.2, -0.15) is 4.98 Å². The van der Waals surface area contributed by atoms with Gasteiger partial charge < -0.3 is 9.26 Å². The number of ether oxygens (including phenoxy) is 1. The largest absolute Gasteiger partial charge is 0.380 e. The lowest BCUT2D eigenvalue weighted by molar-refractivity contribution is -0.190. The zero-order chi connectivity index (χ0) is 27.3. The third kappa shape index (κ3) is 6.03. The van der Waals surface area contributed by atoms with Gasteiger partial charge in [-0.1, -0.05) is 53.7 Å². The van der Waals surface area contributed by atoms with Crippen LogP contribution >= 0.6 is 0 Å². The molecule has 0 unspecified atom stereocenters. The molecule has 1 saturated carbocycles. The standard InChI is InChI=1S/C25H22N2O3.C5H7FO2/c1-16-7-4-5-10-22(16)23-12-11-20(14-21(23)15-29-3)25-26-24(27-30-25)19-9-6-8-18(13-19)17(2)28;1-5(2-3-5)4(7)8-6/h4-14H,15H2,1-3H3;2-3H2,1H3. The van der Waals surface area contributed by atoms with Crippen LogP contribution in [0.5, 0.6) is 0 Å². The van der Waals surface area contributed by atoms with Crippen LogP contribution in [0.15, 0.2) is 71.3 Å². The summed E-state index contributed by atoms with van der Waals surface area (Å²) in [6, 6.07) is 21.5. The summed E-state index contributed by atoms with van der Waals surface area (Å²) in [5, 5.41) is 4.10. The maximum absolute atomic E-state index is 11.7. The van der Waals surface area contributed by atoms with Gasteiger partial charge in [-0.05, 0) is 74.1 Å². The van der Waals surface area contributed by atoms with E-state index in [0.717, 1.165) is 35.1 Å². The van der Waals surface area contributed by atoms with Crippen LogP contribution in [0.1, 0.15) is 48.2 Å². The smallest absolute Gasteiger partial charge is 0.354 e. The maximum atomic E-state index is 11.7. The topological polar surface area (TPSA) is 91.5 Å². The lowest BCUT2D eigenvalue weighted by Gasteiger charge is -2.12. The van der Waals surface area contributed by atoms with E-state index in [4.69, 9.17) is 9.26 Å². The fraction of sp³-hybridized carbons (Fsp3) is 0.267. The maximum Gasteiger partial charge on any atom is 0.354 e. The van der Waals surface area contributed by atoms with E-state index in [0.29, 0.717) is 23.9 Å². The van der Waals surface area contributed by atoms with E-state index in [-0.39, 0.29) is 5.78 Å². The monoisotopic (exact) mass is 516 g/mol. The summed E-state index contributed by atoms with van der Waals surface area (Å²) in [7, 11) is 1.68. The van der Waals surface area contributed by atoms with E-state index in [1.54, 1.807) is 26.2 Å². The number of hydrogen-bond acceptors (Lipinski definition) is 7. The van der Waals surface area contributed by atoms with Crippen LogP contribution in [0, 0.1) is 12.3 Å². The molecule has 4 aromatic rings. The Kier molecular flexibility index (Phi) is 8.12. The number of hydrogen-bond donors (Lipinski definition) is 0. The summed E-state index contributed by atoms with van der Waals surface area (Å²) in [6.07, 6.45) is 1.52. The average molecular weight is 517 g/mol. The predicted molar refractivity (Wildman–Crippen MR) is 141 cm³/mol. The minimum Gasteiger partial charge on any atom is -0.380 e. The first-order chi connectivity index (χ1) is 18.3. The number of ketones is 1. The number of benzene rings is 3. The van der Waals surface area contributed by atoms with Gasteiger partial charge >= 0.3 is 5.97 Å². The number of carbonyl (C=O) groups is 2. The van der Waals surface area contributed by atoms with Crippen molar-refractivity contribution < 1.29 is 28.3 Å². The second-order valence-corrected chi connectivity index (χ2v) is 9.61. The second-order valence-electron chi connectivity index (χ2n) is 9.61. The lowest BCUT2D eigenvalue weighted by atomic mass is 9.94. The Bertz CT molecular complexity index is 1460. The van der Waals surface area contributed by atoms with E-state index < -0.39 is 11.4 Å². The highest BCUT2D eigenvalue weighted by Gasteiger charge is 2.47. The normalized spacial score (nSPS) is 13.3. The molecule has 8 heteroatoms. The summed E-state index contributed by atoms with van der Waals surface area (Å²) in [4.78, 5) is 29.5. The molecule has 1 aliphatic carbocycles.